The summed E-state index contributed by atoms with van der Waals surface area (Å²) in [5.41, 5.74) is 0. The first kappa shape index (κ1) is 10.5. The number of hydrogen-bond donors (Lipinski definition) is 2. The Kier molecular flexibility index (Phi) is 4.22. The van der Waals surface area contributed by atoms with Crippen LogP contribution in [0.4, 0.5) is 0 Å². The Bertz CT molecular complexity index is 164. The van der Waals surface area contributed by atoms with Crippen molar-refractivity contribution in [2.45, 2.75) is 45.1 Å². The second kappa shape index (κ2) is 5.22. The first-order chi connectivity index (χ1) is 6.24. The van der Waals surface area contributed by atoms with Gasteiger partial charge in [0, 0.05) is 12.5 Å². The Labute approximate surface area is 79.5 Å². The van der Waals surface area contributed by atoms with Gasteiger partial charge in [-0.2, -0.15) is 0 Å². The predicted molar refractivity (Wildman–Crippen MR) is 51.3 cm³/mol. The number of aliphatic hydroxyl groups excluding tert-OH is 1. The van der Waals surface area contributed by atoms with Gasteiger partial charge in [-0.25, -0.2) is 0 Å². The van der Waals surface area contributed by atoms with Crippen LogP contribution in [0.2, 0.25) is 0 Å². The average molecular weight is 185 g/mol. The summed E-state index contributed by atoms with van der Waals surface area (Å²) in [5, 5.41) is 12.0. The first-order valence-electron chi connectivity index (χ1n) is 5.19. The quantitative estimate of drug-likeness (QED) is 0.688. The van der Waals surface area contributed by atoms with E-state index in [1.54, 1.807) is 0 Å². The zero-order chi connectivity index (χ0) is 9.68. The van der Waals surface area contributed by atoms with Crippen LogP contribution in [0.3, 0.4) is 0 Å². The topological polar surface area (TPSA) is 49.3 Å². The van der Waals surface area contributed by atoms with Crippen LogP contribution in [0.25, 0.3) is 0 Å². The molecule has 0 aliphatic heterocycles. The van der Waals surface area contributed by atoms with Crippen LogP contribution in [0, 0.1) is 5.92 Å². The summed E-state index contributed by atoms with van der Waals surface area (Å²) in [7, 11) is 0. The van der Waals surface area contributed by atoms with E-state index in [1.807, 2.05) is 6.92 Å². The lowest BCUT2D eigenvalue weighted by Crippen LogP contribution is -2.35. The van der Waals surface area contributed by atoms with Crippen LogP contribution in [-0.4, -0.2) is 23.7 Å². The highest BCUT2D eigenvalue weighted by molar-refractivity contribution is 5.78. The van der Waals surface area contributed by atoms with Crippen LogP contribution in [0.1, 0.15) is 39.0 Å². The maximum absolute atomic E-state index is 11.4. The molecule has 0 radical (unpaired) electrons. The summed E-state index contributed by atoms with van der Waals surface area (Å²) in [4.78, 5) is 11.4. The molecule has 3 nitrogen and oxygen atoms in total. The second-order valence-corrected chi connectivity index (χ2v) is 3.79. The number of rotatable bonds is 4. The van der Waals surface area contributed by atoms with Crippen molar-refractivity contribution >= 4 is 5.91 Å². The van der Waals surface area contributed by atoms with Gasteiger partial charge in [0.15, 0.2) is 0 Å². The number of nitrogens with one attached hydrogen (secondary N) is 1. The molecule has 1 aliphatic carbocycles. The molecule has 1 aliphatic rings. The third-order valence-corrected chi connectivity index (χ3v) is 2.71. The Hall–Kier alpha value is -0.570. The maximum atomic E-state index is 11.4. The Morgan fingerprint density at radius 2 is 2.15 bits per heavy atom. The molecule has 0 heterocycles. The Morgan fingerprint density at radius 1 is 1.54 bits per heavy atom. The van der Waals surface area contributed by atoms with E-state index >= 15 is 0 Å². The molecule has 2 N–H and O–H groups in total. The van der Waals surface area contributed by atoms with Gasteiger partial charge in [-0.3, -0.25) is 4.79 Å². The van der Waals surface area contributed by atoms with E-state index in [1.165, 1.54) is 12.8 Å². The molecule has 1 amide bonds. The van der Waals surface area contributed by atoms with Crippen LogP contribution < -0.4 is 5.32 Å². The number of aliphatic hydroxyl groups is 1. The van der Waals surface area contributed by atoms with Crippen LogP contribution >= 0.6 is 0 Å². The van der Waals surface area contributed by atoms with Crippen molar-refractivity contribution in [2.24, 2.45) is 5.92 Å². The van der Waals surface area contributed by atoms with Crippen molar-refractivity contribution < 1.29 is 9.90 Å². The van der Waals surface area contributed by atoms with E-state index < -0.39 is 0 Å². The minimum Gasteiger partial charge on any atom is -0.391 e. The van der Waals surface area contributed by atoms with Gasteiger partial charge in [0.2, 0.25) is 5.91 Å². The molecule has 0 spiro atoms. The molecule has 1 fully saturated rings. The standard InChI is InChI=1S/C10H19NO2/c1-2-9(12)7-11-10(13)8-5-3-4-6-8/h8-9,12H,2-7H2,1H3,(H,11,13). The van der Waals surface area contributed by atoms with Crippen molar-refractivity contribution in [1.82, 2.24) is 5.32 Å². The van der Waals surface area contributed by atoms with E-state index in [-0.39, 0.29) is 17.9 Å². The summed E-state index contributed by atoms with van der Waals surface area (Å²) >= 11 is 0. The van der Waals surface area contributed by atoms with E-state index in [0.717, 1.165) is 12.8 Å². The highest BCUT2D eigenvalue weighted by Gasteiger charge is 2.22. The predicted octanol–water partition coefficient (Wildman–Crippen LogP) is 1.06. The maximum Gasteiger partial charge on any atom is 0.223 e. The second-order valence-electron chi connectivity index (χ2n) is 3.79. The monoisotopic (exact) mass is 185 g/mol. The molecule has 3 heteroatoms. The van der Waals surface area contributed by atoms with Crippen molar-refractivity contribution in [3.05, 3.63) is 0 Å². The fourth-order valence-corrected chi connectivity index (χ4v) is 1.70. The molecule has 1 rings (SSSR count). The van der Waals surface area contributed by atoms with Gasteiger partial charge >= 0.3 is 0 Å². The summed E-state index contributed by atoms with van der Waals surface area (Å²) in [6.07, 6.45) is 4.71. The number of hydrogen-bond acceptors (Lipinski definition) is 2. The van der Waals surface area contributed by atoms with Gasteiger partial charge in [0.25, 0.3) is 0 Å². The van der Waals surface area contributed by atoms with E-state index in [2.05, 4.69) is 5.32 Å². The summed E-state index contributed by atoms with van der Waals surface area (Å²) < 4.78 is 0. The van der Waals surface area contributed by atoms with Gasteiger partial charge < -0.3 is 10.4 Å². The molecule has 0 aromatic rings. The van der Waals surface area contributed by atoms with Gasteiger partial charge in [-0.05, 0) is 19.3 Å². The van der Waals surface area contributed by atoms with Gasteiger partial charge in [-0.1, -0.05) is 19.8 Å². The minimum absolute atomic E-state index is 0.130. The number of carbonyl (C=O) groups is 1. The molecule has 1 atom stereocenters. The molecule has 0 bridgehead atoms. The highest BCUT2D eigenvalue weighted by atomic mass is 16.3. The molecule has 76 valence electrons. The van der Waals surface area contributed by atoms with Crippen LogP contribution in [-0.2, 0) is 4.79 Å². The Balaban J connectivity index is 2.16. The van der Waals surface area contributed by atoms with Crippen molar-refractivity contribution in [2.75, 3.05) is 6.54 Å². The molecule has 13 heavy (non-hydrogen) atoms. The normalized spacial score (nSPS) is 20.2. The largest absolute Gasteiger partial charge is 0.391 e. The average Bonchev–Trinajstić information content (AvgIpc) is 2.66. The SMILES string of the molecule is CCC(O)CNC(=O)C1CCCC1. The summed E-state index contributed by atoms with van der Waals surface area (Å²) in [6.45, 7) is 2.32. The number of amides is 1. The first-order valence-corrected chi connectivity index (χ1v) is 5.19. The lowest BCUT2D eigenvalue weighted by molar-refractivity contribution is -0.125. The summed E-state index contributed by atoms with van der Waals surface area (Å²) in [5.74, 6) is 0.342. The molecular formula is C10H19NO2. The number of carbonyl (C=O) groups excluding carboxylic acids is 1. The van der Waals surface area contributed by atoms with Crippen LogP contribution in [0.5, 0.6) is 0 Å². The van der Waals surface area contributed by atoms with Gasteiger partial charge in [0.05, 0.1) is 6.10 Å². The minimum atomic E-state index is -0.384. The van der Waals surface area contributed by atoms with Crippen molar-refractivity contribution in [1.29, 1.82) is 0 Å². The molecule has 1 unspecified atom stereocenters. The van der Waals surface area contributed by atoms with E-state index in [9.17, 15) is 9.90 Å². The molecular weight excluding hydrogens is 166 g/mol. The van der Waals surface area contributed by atoms with Gasteiger partial charge in [-0.15, -0.1) is 0 Å². The Morgan fingerprint density at radius 3 is 2.69 bits per heavy atom. The zero-order valence-corrected chi connectivity index (χ0v) is 8.25. The third-order valence-electron chi connectivity index (χ3n) is 2.71. The lowest BCUT2D eigenvalue weighted by Gasteiger charge is -2.12. The van der Waals surface area contributed by atoms with Crippen LogP contribution in [0.15, 0.2) is 0 Å². The third kappa shape index (κ3) is 3.35. The molecule has 1 saturated carbocycles. The summed E-state index contributed by atoms with van der Waals surface area (Å²) in [6, 6.07) is 0. The molecule has 0 aromatic carbocycles. The molecule has 0 saturated heterocycles. The van der Waals surface area contributed by atoms with E-state index in [4.69, 9.17) is 0 Å². The zero-order valence-electron chi connectivity index (χ0n) is 8.25. The van der Waals surface area contributed by atoms with Crippen molar-refractivity contribution in [3.8, 4) is 0 Å². The van der Waals surface area contributed by atoms with Gasteiger partial charge in [0.1, 0.15) is 0 Å². The smallest absolute Gasteiger partial charge is 0.223 e. The molecule has 0 aromatic heterocycles. The fourth-order valence-electron chi connectivity index (χ4n) is 1.70. The fraction of sp³-hybridized carbons (Fsp3) is 0.900. The van der Waals surface area contributed by atoms with E-state index in [0.29, 0.717) is 13.0 Å². The van der Waals surface area contributed by atoms with Crippen molar-refractivity contribution in [3.63, 3.8) is 0 Å². The lowest BCUT2D eigenvalue weighted by atomic mass is 10.1. The highest BCUT2D eigenvalue weighted by Crippen LogP contribution is 2.24.